The number of para-hydroxylation sites is 1. The average Bonchev–Trinajstić information content (AvgIpc) is 1.06. The van der Waals surface area contributed by atoms with Crippen molar-refractivity contribution in [2.75, 3.05) is 195 Å². The van der Waals surface area contributed by atoms with Crippen molar-refractivity contribution in [1.82, 2.24) is 40.4 Å². The number of piperazine rings is 1. The number of nitrogens with zero attached hydrogens (tertiary/aromatic N) is 6. The molecule has 3 aromatic rings. The molecule has 27 heteroatoms. The van der Waals surface area contributed by atoms with Gasteiger partial charge in [0.05, 0.1) is 95.0 Å². The van der Waals surface area contributed by atoms with E-state index in [-0.39, 0.29) is 154 Å². The van der Waals surface area contributed by atoms with Gasteiger partial charge in [-0.15, -0.1) is 0 Å². The van der Waals surface area contributed by atoms with E-state index < -0.39 is 42.1 Å². The number of hydrogen-bond donors (Lipinski definition) is 3. The maximum atomic E-state index is 14.2. The van der Waals surface area contributed by atoms with Gasteiger partial charge in [0, 0.05) is 142 Å². The molecule has 23 nitrogen and oxygen atoms in total. The molecule has 87 heavy (non-hydrogen) atoms. The van der Waals surface area contributed by atoms with Crippen LogP contribution in [0.4, 0.5) is 18.9 Å². The Hall–Kier alpha value is -5.33. The molecule has 2 heterocycles. The van der Waals surface area contributed by atoms with Gasteiger partial charge in [-0.05, 0) is 80.8 Å². The Labute approximate surface area is 527 Å². The van der Waals surface area contributed by atoms with E-state index in [1.165, 1.54) is 17.0 Å². The van der Waals surface area contributed by atoms with Gasteiger partial charge in [-0.3, -0.25) is 29.2 Å². The molecule has 3 aromatic carbocycles. The predicted octanol–water partition coefficient (Wildman–Crippen LogP) is -0.747. The van der Waals surface area contributed by atoms with E-state index in [1.54, 1.807) is 26.5 Å². The van der Waals surface area contributed by atoms with Gasteiger partial charge < -0.3 is 83.9 Å². The SMILES string of the molecule is CCOc1ccc(C(=O)N2CCN(c3ccc(-c4ccccc4OCC)cc3CNCCNCCCOCCOCCOCCOCCNC(=O)CN3CCN(CC(=O)[O-])CCN(CC(=O)[O-])CCN(CC(=O)[O-])CC3)[C@H](CC)C2)c(C(F)(F)F)c1.[In+3]. The van der Waals surface area contributed by atoms with E-state index in [2.05, 4.69) is 39.0 Å². The quantitative estimate of drug-likeness (QED) is 0.0600. The molecule has 0 unspecified atom stereocenters. The summed E-state index contributed by atoms with van der Waals surface area (Å²) in [6, 6.07) is 17.6. The first kappa shape index (κ1) is 74.1. The van der Waals surface area contributed by atoms with Crippen molar-refractivity contribution in [3.05, 3.63) is 77.4 Å². The van der Waals surface area contributed by atoms with Crippen molar-refractivity contribution in [3.63, 3.8) is 0 Å². The van der Waals surface area contributed by atoms with Gasteiger partial charge in [0.15, 0.2) is 0 Å². The largest absolute Gasteiger partial charge is 3.00 e. The number of carbonyl (C=O) groups is 5. The van der Waals surface area contributed by atoms with Crippen LogP contribution in [0.1, 0.15) is 55.1 Å². The van der Waals surface area contributed by atoms with Gasteiger partial charge in [0.2, 0.25) is 5.91 Å². The molecule has 480 valence electrons. The van der Waals surface area contributed by atoms with Crippen LogP contribution in [0.5, 0.6) is 11.5 Å². The van der Waals surface area contributed by atoms with E-state index in [0.717, 1.165) is 47.2 Å². The molecule has 0 radical (unpaired) electrons. The van der Waals surface area contributed by atoms with Crippen LogP contribution >= 0.6 is 0 Å². The van der Waals surface area contributed by atoms with Crippen LogP contribution in [0, 0.1) is 0 Å². The fourth-order valence-electron chi connectivity index (χ4n) is 10.1. The number of amides is 2. The molecule has 2 aliphatic rings. The maximum Gasteiger partial charge on any atom is 3.00 e. The first-order chi connectivity index (χ1) is 41.5. The second-order valence-corrected chi connectivity index (χ2v) is 20.7. The molecule has 2 amide bonds. The van der Waals surface area contributed by atoms with E-state index >= 15 is 0 Å². The number of nitrogens with one attached hydrogen (secondary N) is 3. The van der Waals surface area contributed by atoms with E-state index in [0.29, 0.717) is 85.5 Å². The first-order valence-corrected chi connectivity index (χ1v) is 29.7. The van der Waals surface area contributed by atoms with Gasteiger partial charge in [0.1, 0.15) is 11.5 Å². The molecule has 0 spiro atoms. The fraction of sp³-hybridized carbons (Fsp3) is 0.617. The molecule has 0 aliphatic carbocycles. The molecule has 5 rings (SSSR count). The summed E-state index contributed by atoms with van der Waals surface area (Å²) in [6.45, 7) is 14.0. The molecule has 1 atom stereocenters. The number of rotatable bonds is 37. The second-order valence-electron chi connectivity index (χ2n) is 20.7. The zero-order chi connectivity index (χ0) is 62.1. The Morgan fingerprint density at radius 3 is 1.68 bits per heavy atom. The number of alkyl halides is 3. The maximum absolute atomic E-state index is 14.2. The Balaban J connectivity index is 0.0000162. The van der Waals surface area contributed by atoms with Crippen molar-refractivity contribution < 1.29 is 80.9 Å². The second kappa shape index (κ2) is 41.1. The number of carboxylic acids is 3. The molecule has 0 bridgehead atoms. The van der Waals surface area contributed by atoms with E-state index in [4.69, 9.17) is 28.4 Å². The summed E-state index contributed by atoms with van der Waals surface area (Å²) in [5.74, 6) is -4.00. The molecule has 0 saturated carbocycles. The third-order valence-electron chi connectivity index (χ3n) is 14.4. The van der Waals surface area contributed by atoms with Crippen LogP contribution < -0.4 is 45.6 Å². The minimum atomic E-state index is -4.73. The normalized spacial score (nSPS) is 16.1. The first-order valence-electron chi connectivity index (χ1n) is 29.7. The Morgan fingerprint density at radius 2 is 1.13 bits per heavy atom. The van der Waals surface area contributed by atoms with Gasteiger partial charge in [-0.1, -0.05) is 31.2 Å². The van der Waals surface area contributed by atoms with Crippen LogP contribution in [0.15, 0.2) is 60.7 Å². The molecule has 2 saturated heterocycles. The molecular formula is C60H87F3InN9O14. The van der Waals surface area contributed by atoms with Crippen LogP contribution in [0.3, 0.4) is 0 Å². The van der Waals surface area contributed by atoms with Gasteiger partial charge in [-0.2, -0.15) is 13.2 Å². The summed E-state index contributed by atoms with van der Waals surface area (Å²) >= 11 is 0. The number of hydrogen-bond acceptors (Lipinski definition) is 21. The summed E-state index contributed by atoms with van der Waals surface area (Å²) in [4.78, 5) is 71.2. The number of aliphatic carboxylic acids is 3. The summed E-state index contributed by atoms with van der Waals surface area (Å²) in [6.07, 6.45) is -3.26. The van der Waals surface area contributed by atoms with Crippen molar-refractivity contribution in [1.29, 1.82) is 0 Å². The number of halogens is 3. The van der Waals surface area contributed by atoms with Crippen LogP contribution in [0.2, 0.25) is 0 Å². The standard InChI is InChI=1S/C60H90F3N9O14.In/c1-4-48-41-71(59(80)51-14-13-49(85-5-2)39-52(51)60(61,62)63)28-29-72(48)53-15-12-46(50-10-7-8-11-54(50)86-6-3)38-47(53)40-65-18-17-64-16-9-30-81-32-34-83-36-37-84-35-33-82-31-19-66-55(73)42-67-20-22-68(43-56(74)75)24-26-70(45-58(78)79)27-25-69(23-21-67)44-57(76)77;/h7-8,10-15,38-39,48,64-65H,4-6,9,16-37,40-45H2,1-3H3,(H,66,73)(H,74,75)(H,76,77)(H,78,79);/q;+3/p-3/t48-;/m1./s1. The number of benzene rings is 3. The van der Waals surface area contributed by atoms with Crippen molar-refractivity contribution in [2.45, 2.75) is 52.4 Å². The Morgan fingerprint density at radius 1 is 0.586 bits per heavy atom. The number of carbonyl (C=O) groups excluding carboxylic acids is 5. The van der Waals surface area contributed by atoms with Crippen LogP contribution in [-0.2, 0) is 50.8 Å². The fourth-order valence-corrected chi connectivity index (χ4v) is 10.1. The van der Waals surface area contributed by atoms with Gasteiger partial charge in [-0.25, -0.2) is 0 Å². The van der Waals surface area contributed by atoms with Crippen molar-refractivity contribution in [2.24, 2.45) is 0 Å². The summed E-state index contributed by atoms with van der Waals surface area (Å²) in [5, 5.41) is 44.0. The zero-order valence-corrected chi connectivity index (χ0v) is 53.9. The smallest absolute Gasteiger partial charge is 0.549 e. The molecule has 0 aromatic heterocycles. The van der Waals surface area contributed by atoms with E-state index in [1.807, 2.05) is 38.1 Å². The summed E-state index contributed by atoms with van der Waals surface area (Å²) in [5.41, 5.74) is 2.59. The van der Waals surface area contributed by atoms with Crippen LogP contribution in [-0.4, -0.2) is 277 Å². The van der Waals surface area contributed by atoms with Gasteiger partial charge in [0.25, 0.3) is 5.91 Å². The predicted molar refractivity (Wildman–Crippen MR) is 315 cm³/mol. The number of anilines is 1. The third-order valence-corrected chi connectivity index (χ3v) is 14.4. The zero-order valence-electron chi connectivity index (χ0n) is 50.6. The minimum Gasteiger partial charge on any atom is -0.549 e. The third kappa shape index (κ3) is 27.5. The summed E-state index contributed by atoms with van der Waals surface area (Å²) in [7, 11) is 0. The molecule has 2 aliphatic heterocycles. The Kier molecular flexibility index (Phi) is 35.0. The van der Waals surface area contributed by atoms with Crippen molar-refractivity contribution in [3.8, 4) is 22.6 Å². The van der Waals surface area contributed by atoms with Crippen LogP contribution in [0.25, 0.3) is 11.1 Å². The van der Waals surface area contributed by atoms with Gasteiger partial charge >= 0.3 is 32.0 Å². The molecule has 3 N–H and O–H groups in total. The number of ether oxygens (including phenoxy) is 6. The van der Waals surface area contributed by atoms with E-state index in [9.17, 15) is 52.5 Å². The monoisotopic (exact) mass is 1330 g/mol. The average molecular weight is 1330 g/mol. The summed E-state index contributed by atoms with van der Waals surface area (Å²) < 4.78 is 76.6. The number of carboxylic acid groups (broad SMARTS) is 3. The molecule has 2 fully saturated rings. The van der Waals surface area contributed by atoms with Crippen molar-refractivity contribution >= 4 is 61.3 Å². The topological polar surface area (TPSA) is 265 Å². The Bertz CT molecular complexity index is 2510. The minimum absolute atomic E-state index is 0. The molecular weight excluding hydrogens is 1240 g/mol.